The zero-order valence-electron chi connectivity index (χ0n) is 13.0. The molecule has 5 heteroatoms. The fourth-order valence-electron chi connectivity index (χ4n) is 5.33. The molecule has 22 heavy (non-hydrogen) atoms. The maximum Gasteiger partial charge on any atom is 0.326 e. The molecule has 0 aliphatic heterocycles. The number of carbonyl (C=O) groups excluding carboxylic acids is 1. The second-order valence-corrected chi connectivity index (χ2v) is 7.83. The van der Waals surface area contributed by atoms with E-state index in [4.69, 9.17) is 5.26 Å². The standard InChI is InChI=1S/C17H24N2O3/c1-10(9-18)2-14(15(20)21)19-16(22)17-6-11-3-12(7-17)5-13(4-11)8-17/h10-14H,2-8H2,1H3,(H,19,22)(H,20,21)/t10-,11?,12?,13?,14+,17?/m1/s1. The third-order valence-corrected chi connectivity index (χ3v) is 5.93. The number of carboxylic acids is 1. The van der Waals surface area contributed by atoms with Gasteiger partial charge in [-0.2, -0.15) is 5.26 Å². The van der Waals surface area contributed by atoms with Crippen LogP contribution in [-0.4, -0.2) is 23.0 Å². The molecule has 0 aromatic heterocycles. The minimum atomic E-state index is -1.04. The van der Waals surface area contributed by atoms with Crippen LogP contribution in [0.5, 0.6) is 0 Å². The lowest BCUT2D eigenvalue weighted by Crippen LogP contribution is -2.56. The van der Waals surface area contributed by atoms with Gasteiger partial charge in [0.25, 0.3) is 0 Å². The molecule has 0 spiro atoms. The van der Waals surface area contributed by atoms with Crippen LogP contribution in [0.1, 0.15) is 51.9 Å². The van der Waals surface area contributed by atoms with Crippen molar-refractivity contribution in [2.75, 3.05) is 0 Å². The summed E-state index contributed by atoms with van der Waals surface area (Å²) in [5.41, 5.74) is -0.335. The largest absolute Gasteiger partial charge is 0.480 e. The van der Waals surface area contributed by atoms with Crippen molar-refractivity contribution < 1.29 is 14.7 Å². The van der Waals surface area contributed by atoms with Crippen molar-refractivity contribution in [3.05, 3.63) is 0 Å². The van der Waals surface area contributed by atoms with Gasteiger partial charge in [0.15, 0.2) is 0 Å². The van der Waals surface area contributed by atoms with Gasteiger partial charge in [0.2, 0.25) is 5.91 Å². The smallest absolute Gasteiger partial charge is 0.326 e. The second kappa shape index (κ2) is 5.57. The lowest BCUT2D eigenvalue weighted by Gasteiger charge is -2.55. The molecule has 2 atom stereocenters. The number of aliphatic carboxylic acids is 1. The fourth-order valence-corrected chi connectivity index (χ4v) is 5.33. The Hall–Kier alpha value is -1.57. The van der Waals surface area contributed by atoms with Crippen LogP contribution in [0.15, 0.2) is 0 Å². The van der Waals surface area contributed by atoms with Gasteiger partial charge in [-0.1, -0.05) is 0 Å². The number of carbonyl (C=O) groups is 2. The Morgan fingerprint density at radius 2 is 1.73 bits per heavy atom. The SMILES string of the molecule is C[C@@H](C#N)C[C@H](NC(=O)C12CC3CC(CC(C3)C1)C2)C(=O)O. The molecule has 4 bridgehead atoms. The van der Waals surface area contributed by atoms with Gasteiger partial charge < -0.3 is 10.4 Å². The van der Waals surface area contributed by atoms with Gasteiger partial charge >= 0.3 is 5.97 Å². The molecule has 4 aliphatic rings. The maximum absolute atomic E-state index is 12.8. The number of rotatable bonds is 5. The molecule has 4 rings (SSSR count). The summed E-state index contributed by atoms with van der Waals surface area (Å²) in [6, 6.07) is 1.10. The van der Waals surface area contributed by atoms with E-state index in [1.807, 2.05) is 6.07 Å². The van der Waals surface area contributed by atoms with Gasteiger partial charge in [-0.3, -0.25) is 4.79 Å². The number of hydrogen-bond acceptors (Lipinski definition) is 3. The Labute approximate surface area is 131 Å². The number of hydrogen-bond donors (Lipinski definition) is 2. The van der Waals surface area contributed by atoms with Crippen LogP contribution in [0.4, 0.5) is 0 Å². The molecule has 1 amide bonds. The first kappa shape index (κ1) is 15.3. The molecule has 0 saturated heterocycles. The predicted octanol–water partition coefficient (Wildman–Crippen LogP) is 2.32. The zero-order valence-corrected chi connectivity index (χ0v) is 13.0. The molecule has 5 nitrogen and oxygen atoms in total. The Morgan fingerprint density at radius 3 is 2.14 bits per heavy atom. The second-order valence-electron chi connectivity index (χ2n) is 7.83. The van der Waals surface area contributed by atoms with Crippen LogP contribution in [-0.2, 0) is 9.59 Å². The van der Waals surface area contributed by atoms with Crippen molar-refractivity contribution in [1.29, 1.82) is 5.26 Å². The Kier molecular flexibility index (Phi) is 3.88. The topological polar surface area (TPSA) is 90.2 Å². The molecule has 0 unspecified atom stereocenters. The Morgan fingerprint density at radius 1 is 1.23 bits per heavy atom. The molecule has 2 N–H and O–H groups in total. The van der Waals surface area contributed by atoms with E-state index in [1.54, 1.807) is 6.92 Å². The van der Waals surface area contributed by atoms with Gasteiger partial charge in [-0.05, 0) is 69.6 Å². The first-order valence-corrected chi connectivity index (χ1v) is 8.35. The summed E-state index contributed by atoms with van der Waals surface area (Å²) in [5, 5.41) is 20.9. The molecular formula is C17H24N2O3. The highest BCUT2D eigenvalue weighted by atomic mass is 16.4. The normalized spacial score (nSPS) is 38.1. The van der Waals surface area contributed by atoms with E-state index in [2.05, 4.69) is 5.32 Å². The highest BCUT2D eigenvalue weighted by Gasteiger charge is 2.54. The van der Waals surface area contributed by atoms with Gasteiger partial charge in [0.05, 0.1) is 6.07 Å². The lowest BCUT2D eigenvalue weighted by molar-refractivity contribution is -0.151. The van der Waals surface area contributed by atoms with Gasteiger partial charge in [0, 0.05) is 11.3 Å². The molecule has 0 heterocycles. The van der Waals surface area contributed by atoms with Crippen molar-refractivity contribution in [2.45, 2.75) is 57.9 Å². The van der Waals surface area contributed by atoms with Crippen molar-refractivity contribution in [1.82, 2.24) is 5.32 Å². The summed E-state index contributed by atoms with van der Waals surface area (Å²) in [5.74, 6) is 0.456. The summed E-state index contributed by atoms with van der Waals surface area (Å²) >= 11 is 0. The van der Waals surface area contributed by atoms with Crippen molar-refractivity contribution >= 4 is 11.9 Å². The predicted molar refractivity (Wildman–Crippen MR) is 79.6 cm³/mol. The van der Waals surface area contributed by atoms with Crippen molar-refractivity contribution in [3.63, 3.8) is 0 Å². The molecule has 120 valence electrons. The van der Waals surface area contributed by atoms with Crippen molar-refractivity contribution in [2.24, 2.45) is 29.1 Å². The molecule has 4 fully saturated rings. The first-order valence-electron chi connectivity index (χ1n) is 8.35. The van der Waals surface area contributed by atoms with E-state index < -0.39 is 12.0 Å². The number of nitriles is 1. The Bertz CT molecular complexity index is 487. The zero-order chi connectivity index (χ0) is 15.9. The Balaban J connectivity index is 1.70. The summed E-state index contributed by atoms with van der Waals surface area (Å²) in [4.78, 5) is 24.2. The van der Waals surface area contributed by atoms with E-state index in [0.29, 0.717) is 17.8 Å². The summed E-state index contributed by atoms with van der Waals surface area (Å²) in [6.07, 6.45) is 6.69. The summed E-state index contributed by atoms with van der Waals surface area (Å²) in [7, 11) is 0. The molecule has 4 saturated carbocycles. The third-order valence-electron chi connectivity index (χ3n) is 5.93. The van der Waals surface area contributed by atoms with E-state index in [-0.39, 0.29) is 23.7 Å². The van der Waals surface area contributed by atoms with E-state index in [9.17, 15) is 14.7 Å². The quantitative estimate of drug-likeness (QED) is 0.815. The van der Waals surface area contributed by atoms with Crippen molar-refractivity contribution in [3.8, 4) is 6.07 Å². The van der Waals surface area contributed by atoms with Crippen LogP contribution in [0, 0.1) is 40.4 Å². The van der Waals surface area contributed by atoms with E-state index in [0.717, 1.165) is 19.3 Å². The van der Waals surface area contributed by atoms with Crippen LogP contribution in [0.25, 0.3) is 0 Å². The molecule has 4 aliphatic carbocycles. The van der Waals surface area contributed by atoms with E-state index in [1.165, 1.54) is 19.3 Å². The van der Waals surface area contributed by atoms with Crippen LogP contribution >= 0.6 is 0 Å². The van der Waals surface area contributed by atoms with Gasteiger partial charge in [-0.25, -0.2) is 4.79 Å². The minimum absolute atomic E-state index is 0.0795. The number of nitrogens with zero attached hydrogens (tertiary/aromatic N) is 1. The first-order chi connectivity index (χ1) is 10.4. The average Bonchev–Trinajstić information content (AvgIpc) is 2.44. The molecule has 0 radical (unpaired) electrons. The van der Waals surface area contributed by atoms with Gasteiger partial charge in [0.1, 0.15) is 6.04 Å². The maximum atomic E-state index is 12.8. The minimum Gasteiger partial charge on any atom is -0.480 e. The van der Waals surface area contributed by atoms with Crippen LogP contribution in [0.3, 0.4) is 0 Å². The molecule has 0 aromatic carbocycles. The monoisotopic (exact) mass is 304 g/mol. The van der Waals surface area contributed by atoms with E-state index >= 15 is 0 Å². The fraction of sp³-hybridized carbons (Fsp3) is 0.824. The summed E-state index contributed by atoms with van der Waals surface area (Å²) < 4.78 is 0. The van der Waals surface area contributed by atoms with Crippen LogP contribution < -0.4 is 5.32 Å². The highest BCUT2D eigenvalue weighted by Crippen LogP contribution is 2.60. The number of nitrogens with one attached hydrogen (secondary N) is 1. The van der Waals surface area contributed by atoms with Crippen LogP contribution in [0.2, 0.25) is 0 Å². The van der Waals surface area contributed by atoms with Gasteiger partial charge in [-0.15, -0.1) is 0 Å². The highest BCUT2D eigenvalue weighted by molar-refractivity contribution is 5.87. The average molecular weight is 304 g/mol. The third kappa shape index (κ3) is 2.71. The summed E-state index contributed by atoms with van der Waals surface area (Å²) in [6.45, 7) is 1.69. The number of amides is 1. The lowest BCUT2D eigenvalue weighted by atomic mass is 9.49. The molecular weight excluding hydrogens is 280 g/mol. The number of carboxylic acid groups (broad SMARTS) is 1. The molecule has 0 aromatic rings.